The minimum Gasteiger partial charge on any atom is -0.453 e. The number of halogens is 3. The van der Waals surface area contributed by atoms with Gasteiger partial charge < -0.3 is 4.74 Å². The molecule has 0 saturated carbocycles. The molecule has 0 spiro atoms. The van der Waals surface area contributed by atoms with E-state index in [-0.39, 0.29) is 11.6 Å². The summed E-state index contributed by atoms with van der Waals surface area (Å²) in [6.07, 6.45) is 2.93. The first kappa shape index (κ1) is 12.1. The molecule has 5 heteroatoms. The number of pyridine rings is 1. The maximum absolute atomic E-state index is 13.6. The summed E-state index contributed by atoms with van der Waals surface area (Å²) in [5.41, 5.74) is 0.695. The molecule has 0 unspecified atom stereocenters. The van der Waals surface area contributed by atoms with Crippen LogP contribution < -0.4 is 4.74 Å². The molecule has 88 valence electrons. The molecular formula is C12H8Cl2FNO. The van der Waals surface area contributed by atoms with Gasteiger partial charge in [-0.15, -0.1) is 11.6 Å². The topological polar surface area (TPSA) is 22.1 Å². The van der Waals surface area contributed by atoms with Gasteiger partial charge >= 0.3 is 0 Å². The molecule has 0 radical (unpaired) electrons. The molecule has 0 aliphatic heterocycles. The molecule has 0 aliphatic carbocycles. The molecule has 17 heavy (non-hydrogen) atoms. The van der Waals surface area contributed by atoms with Crippen molar-refractivity contribution in [3.8, 4) is 11.5 Å². The van der Waals surface area contributed by atoms with Crippen LogP contribution in [0.15, 0.2) is 36.7 Å². The normalized spacial score (nSPS) is 10.3. The SMILES string of the molecule is Fc1cc(CCl)ccc1Oc1cncc(Cl)c1. The molecule has 0 bridgehead atoms. The minimum atomic E-state index is -0.469. The van der Waals surface area contributed by atoms with E-state index in [1.807, 2.05) is 0 Å². The summed E-state index contributed by atoms with van der Waals surface area (Å²) >= 11 is 11.3. The lowest BCUT2D eigenvalue weighted by atomic mass is 10.2. The Bertz CT molecular complexity index is 534. The molecule has 1 aromatic heterocycles. The third-order valence-corrected chi connectivity index (χ3v) is 2.57. The maximum Gasteiger partial charge on any atom is 0.166 e. The fourth-order valence-corrected chi connectivity index (χ4v) is 1.62. The lowest BCUT2D eigenvalue weighted by Crippen LogP contribution is -1.90. The van der Waals surface area contributed by atoms with E-state index in [0.717, 1.165) is 0 Å². The molecule has 0 N–H and O–H groups in total. The zero-order valence-electron chi connectivity index (χ0n) is 8.66. The molecule has 0 fully saturated rings. The zero-order valence-corrected chi connectivity index (χ0v) is 10.2. The lowest BCUT2D eigenvalue weighted by Gasteiger charge is -2.07. The molecular weight excluding hydrogens is 264 g/mol. The van der Waals surface area contributed by atoms with Crippen molar-refractivity contribution in [1.29, 1.82) is 0 Å². The fourth-order valence-electron chi connectivity index (χ4n) is 1.29. The number of hydrogen-bond donors (Lipinski definition) is 0. The average Bonchev–Trinajstić information content (AvgIpc) is 2.32. The second-order valence-electron chi connectivity index (χ2n) is 3.34. The van der Waals surface area contributed by atoms with E-state index in [0.29, 0.717) is 16.3 Å². The zero-order chi connectivity index (χ0) is 12.3. The third-order valence-electron chi connectivity index (χ3n) is 2.06. The largest absolute Gasteiger partial charge is 0.453 e. The summed E-state index contributed by atoms with van der Waals surface area (Å²) in [7, 11) is 0. The van der Waals surface area contributed by atoms with Crippen LogP contribution in [0.3, 0.4) is 0 Å². The van der Waals surface area contributed by atoms with Gasteiger partial charge in [0.1, 0.15) is 5.75 Å². The molecule has 0 amide bonds. The third kappa shape index (κ3) is 3.08. The summed E-state index contributed by atoms with van der Waals surface area (Å²) < 4.78 is 18.9. The lowest BCUT2D eigenvalue weighted by molar-refractivity contribution is 0.440. The van der Waals surface area contributed by atoms with Crippen LogP contribution >= 0.6 is 23.2 Å². The highest BCUT2D eigenvalue weighted by Gasteiger charge is 2.06. The van der Waals surface area contributed by atoms with Crippen molar-refractivity contribution in [2.24, 2.45) is 0 Å². The first-order valence-corrected chi connectivity index (χ1v) is 5.73. The molecule has 1 heterocycles. The minimum absolute atomic E-state index is 0.114. The van der Waals surface area contributed by atoms with E-state index in [4.69, 9.17) is 27.9 Å². The predicted molar refractivity (Wildman–Crippen MR) is 65.3 cm³/mol. The van der Waals surface area contributed by atoms with Crippen molar-refractivity contribution in [3.05, 3.63) is 53.1 Å². The first-order valence-electron chi connectivity index (χ1n) is 4.82. The summed E-state index contributed by atoms with van der Waals surface area (Å²) in [4.78, 5) is 3.84. The van der Waals surface area contributed by atoms with Gasteiger partial charge in [0.25, 0.3) is 0 Å². The van der Waals surface area contributed by atoms with Gasteiger partial charge in [-0.2, -0.15) is 0 Å². The highest BCUT2D eigenvalue weighted by molar-refractivity contribution is 6.30. The molecule has 2 nitrogen and oxygen atoms in total. The molecule has 0 aliphatic rings. The fraction of sp³-hybridized carbons (Fsp3) is 0.0833. The number of benzene rings is 1. The number of ether oxygens (including phenoxy) is 1. The van der Waals surface area contributed by atoms with E-state index in [2.05, 4.69) is 4.98 Å². The summed E-state index contributed by atoms with van der Waals surface area (Å²) in [5, 5.41) is 0.431. The highest BCUT2D eigenvalue weighted by Crippen LogP contribution is 2.26. The van der Waals surface area contributed by atoms with Crippen LogP contribution in [0.25, 0.3) is 0 Å². The van der Waals surface area contributed by atoms with Crippen LogP contribution in [0.1, 0.15) is 5.56 Å². The average molecular weight is 272 g/mol. The van der Waals surface area contributed by atoms with Gasteiger partial charge in [0.2, 0.25) is 0 Å². The van der Waals surface area contributed by atoms with Crippen LogP contribution in [0.4, 0.5) is 4.39 Å². The number of nitrogens with zero attached hydrogens (tertiary/aromatic N) is 1. The molecule has 2 rings (SSSR count). The van der Waals surface area contributed by atoms with Crippen molar-refractivity contribution in [1.82, 2.24) is 4.98 Å². The Kier molecular flexibility index (Phi) is 3.82. The number of aromatic nitrogens is 1. The molecule has 0 atom stereocenters. The van der Waals surface area contributed by atoms with Crippen molar-refractivity contribution in [3.63, 3.8) is 0 Å². The second-order valence-corrected chi connectivity index (χ2v) is 4.04. The second kappa shape index (κ2) is 5.34. The van der Waals surface area contributed by atoms with E-state index >= 15 is 0 Å². The molecule has 0 saturated heterocycles. The Morgan fingerprint density at radius 2 is 2.06 bits per heavy atom. The van der Waals surface area contributed by atoms with Gasteiger partial charge in [-0.05, 0) is 17.7 Å². The van der Waals surface area contributed by atoms with E-state index in [1.165, 1.54) is 24.5 Å². The monoisotopic (exact) mass is 271 g/mol. The summed E-state index contributed by atoms with van der Waals surface area (Å²) in [5.74, 6) is 0.289. The van der Waals surface area contributed by atoms with Crippen molar-refractivity contribution >= 4 is 23.2 Å². The Hall–Kier alpha value is -1.32. The van der Waals surface area contributed by atoms with E-state index in [1.54, 1.807) is 12.1 Å². The quantitative estimate of drug-likeness (QED) is 0.772. The van der Waals surface area contributed by atoms with Gasteiger partial charge in [0.15, 0.2) is 11.6 Å². The van der Waals surface area contributed by atoms with Gasteiger partial charge in [-0.3, -0.25) is 4.98 Å². The Balaban J connectivity index is 2.24. The standard InChI is InChI=1S/C12H8Cl2FNO/c13-5-8-1-2-12(11(15)3-8)17-10-4-9(14)6-16-7-10/h1-4,6-7H,5H2. The van der Waals surface area contributed by atoms with Crippen LogP contribution in [-0.4, -0.2) is 4.98 Å². The van der Waals surface area contributed by atoms with Crippen LogP contribution in [0.5, 0.6) is 11.5 Å². The summed E-state index contributed by atoms with van der Waals surface area (Å²) in [6, 6.07) is 6.11. The van der Waals surface area contributed by atoms with Crippen LogP contribution in [0, 0.1) is 5.82 Å². The number of rotatable bonds is 3. The van der Waals surface area contributed by atoms with Gasteiger partial charge in [-0.25, -0.2) is 4.39 Å². The van der Waals surface area contributed by atoms with Gasteiger partial charge in [-0.1, -0.05) is 17.7 Å². The smallest absolute Gasteiger partial charge is 0.166 e. The maximum atomic E-state index is 13.6. The Labute approximate surface area is 108 Å². The Morgan fingerprint density at radius 3 is 2.71 bits per heavy atom. The molecule has 2 aromatic rings. The van der Waals surface area contributed by atoms with Crippen LogP contribution in [-0.2, 0) is 5.88 Å². The van der Waals surface area contributed by atoms with E-state index < -0.39 is 5.82 Å². The Morgan fingerprint density at radius 1 is 1.24 bits per heavy atom. The summed E-state index contributed by atoms with van der Waals surface area (Å²) in [6.45, 7) is 0. The van der Waals surface area contributed by atoms with Gasteiger partial charge in [0.05, 0.1) is 11.2 Å². The van der Waals surface area contributed by atoms with E-state index in [9.17, 15) is 4.39 Å². The first-order chi connectivity index (χ1) is 8.19. The number of hydrogen-bond acceptors (Lipinski definition) is 2. The van der Waals surface area contributed by atoms with Crippen LogP contribution in [0.2, 0.25) is 5.02 Å². The van der Waals surface area contributed by atoms with Crippen molar-refractivity contribution in [2.75, 3.05) is 0 Å². The van der Waals surface area contributed by atoms with Crippen molar-refractivity contribution in [2.45, 2.75) is 5.88 Å². The predicted octanol–water partition coefficient (Wildman–Crippen LogP) is 4.41. The van der Waals surface area contributed by atoms with Gasteiger partial charge in [0, 0.05) is 18.1 Å². The molecule has 1 aromatic carbocycles. The number of alkyl halides is 1. The highest BCUT2D eigenvalue weighted by atomic mass is 35.5. The van der Waals surface area contributed by atoms with Crippen molar-refractivity contribution < 1.29 is 9.13 Å².